The Morgan fingerprint density at radius 1 is 1.18 bits per heavy atom. The average Bonchev–Trinajstić information content (AvgIpc) is 3.63. The summed E-state index contributed by atoms with van der Waals surface area (Å²) in [7, 11) is 0. The van der Waals surface area contributed by atoms with Gasteiger partial charge in [-0.1, -0.05) is 36.4 Å². The van der Waals surface area contributed by atoms with Gasteiger partial charge in [0.2, 0.25) is 5.91 Å². The molecular weight excluding hydrogens is 352 g/mol. The highest BCUT2D eigenvalue weighted by Crippen LogP contribution is 2.49. The van der Waals surface area contributed by atoms with Crippen LogP contribution in [0.2, 0.25) is 0 Å². The van der Waals surface area contributed by atoms with Gasteiger partial charge in [0, 0.05) is 30.8 Å². The first-order chi connectivity index (χ1) is 13.7. The Labute approximate surface area is 165 Å². The third-order valence-corrected chi connectivity index (χ3v) is 5.58. The second kappa shape index (κ2) is 8.13. The summed E-state index contributed by atoms with van der Waals surface area (Å²) in [6, 6.07) is 13.4. The number of hydrogen-bond donors (Lipinski definition) is 0. The molecule has 1 amide bonds. The van der Waals surface area contributed by atoms with Gasteiger partial charge in [-0.3, -0.25) is 9.78 Å². The third kappa shape index (κ3) is 4.08. The first kappa shape index (κ1) is 18.7. The van der Waals surface area contributed by atoms with E-state index in [1.807, 2.05) is 53.6 Å². The van der Waals surface area contributed by atoms with E-state index in [-0.39, 0.29) is 29.8 Å². The molecule has 2 saturated carbocycles. The molecule has 5 nitrogen and oxygen atoms in total. The smallest absolute Gasteiger partial charge is 0.329 e. The number of nitrogens with zero attached hydrogens (tertiary/aromatic N) is 2. The van der Waals surface area contributed by atoms with Crippen LogP contribution in [0.4, 0.5) is 0 Å². The van der Waals surface area contributed by atoms with Gasteiger partial charge < -0.3 is 9.64 Å². The normalized spacial score (nSPS) is 21.6. The summed E-state index contributed by atoms with van der Waals surface area (Å²) in [5.74, 6) is -0.0601. The number of benzene rings is 1. The van der Waals surface area contributed by atoms with Crippen molar-refractivity contribution >= 4 is 11.9 Å². The van der Waals surface area contributed by atoms with Gasteiger partial charge in [0.1, 0.15) is 6.04 Å². The molecule has 0 N–H and O–H groups in total. The molecule has 0 saturated heterocycles. The van der Waals surface area contributed by atoms with Gasteiger partial charge in [0.15, 0.2) is 0 Å². The van der Waals surface area contributed by atoms with Crippen LogP contribution in [0.15, 0.2) is 54.9 Å². The molecule has 0 spiro atoms. The molecule has 5 heteroatoms. The summed E-state index contributed by atoms with van der Waals surface area (Å²) in [6.07, 6.45) is 6.82. The number of carbonyl (C=O) groups is 2. The van der Waals surface area contributed by atoms with Crippen LogP contribution in [-0.4, -0.2) is 40.5 Å². The zero-order valence-corrected chi connectivity index (χ0v) is 16.2. The fraction of sp³-hybridized carbons (Fsp3) is 0.435. The molecule has 1 aromatic carbocycles. The Hall–Kier alpha value is -2.69. The predicted molar refractivity (Wildman–Crippen MR) is 106 cm³/mol. The first-order valence-corrected chi connectivity index (χ1v) is 10.1. The van der Waals surface area contributed by atoms with Crippen molar-refractivity contribution < 1.29 is 14.3 Å². The van der Waals surface area contributed by atoms with Crippen LogP contribution >= 0.6 is 0 Å². The van der Waals surface area contributed by atoms with Gasteiger partial charge in [0.05, 0.1) is 6.61 Å². The summed E-state index contributed by atoms with van der Waals surface area (Å²) in [6.45, 7) is 2.12. The molecule has 2 fully saturated rings. The molecule has 2 aliphatic rings. The lowest BCUT2D eigenvalue weighted by Gasteiger charge is -2.31. The lowest BCUT2D eigenvalue weighted by atomic mass is 10.0. The lowest BCUT2D eigenvalue weighted by Crippen LogP contribution is -2.49. The number of carbonyl (C=O) groups excluding carboxylic acids is 2. The predicted octanol–water partition coefficient (Wildman–Crippen LogP) is 3.35. The molecule has 28 heavy (non-hydrogen) atoms. The minimum Gasteiger partial charge on any atom is -0.464 e. The highest BCUT2D eigenvalue weighted by Gasteiger charge is 2.51. The second-order valence-electron chi connectivity index (χ2n) is 7.67. The number of ether oxygens (including phenoxy) is 1. The molecule has 3 unspecified atom stereocenters. The van der Waals surface area contributed by atoms with E-state index in [0.29, 0.717) is 13.0 Å². The summed E-state index contributed by atoms with van der Waals surface area (Å²) in [5.41, 5.74) is 2.14. The summed E-state index contributed by atoms with van der Waals surface area (Å²) < 4.78 is 5.35. The Morgan fingerprint density at radius 2 is 1.96 bits per heavy atom. The Balaban J connectivity index is 1.55. The van der Waals surface area contributed by atoms with Gasteiger partial charge in [-0.05, 0) is 49.3 Å². The number of amides is 1. The van der Waals surface area contributed by atoms with Gasteiger partial charge >= 0.3 is 5.97 Å². The molecule has 3 atom stereocenters. The number of hydrogen-bond acceptors (Lipinski definition) is 4. The van der Waals surface area contributed by atoms with Gasteiger partial charge in [-0.25, -0.2) is 4.79 Å². The van der Waals surface area contributed by atoms with Gasteiger partial charge in [0.25, 0.3) is 0 Å². The Bertz CT molecular complexity index is 820. The molecule has 1 aromatic heterocycles. The number of pyridine rings is 1. The molecular formula is C23H26N2O3. The van der Waals surface area contributed by atoms with Crippen LogP contribution < -0.4 is 0 Å². The highest BCUT2D eigenvalue weighted by molar-refractivity contribution is 5.89. The quantitative estimate of drug-likeness (QED) is 0.661. The molecule has 2 aliphatic carbocycles. The SMILES string of the molecule is CCOC(=O)C(Cc1ccccc1)N(C(=O)C1CC1c1cccnc1)C1CC1. The Kier molecular flexibility index (Phi) is 5.42. The van der Waals surface area contributed by atoms with Gasteiger partial charge in [-0.15, -0.1) is 0 Å². The number of rotatable bonds is 8. The minimum atomic E-state index is -0.558. The van der Waals surface area contributed by atoms with E-state index in [9.17, 15) is 9.59 Å². The molecule has 146 valence electrons. The van der Waals surface area contributed by atoms with Crippen molar-refractivity contribution in [3.63, 3.8) is 0 Å². The van der Waals surface area contributed by atoms with E-state index in [1.54, 1.807) is 13.1 Å². The van der Waals surface area contributed by atoms with Crippen molar-refractivity contribution in [1.82, 2.24) is 9.88 Å². The van der Waals surface area contributed by atoms with Crippen LogP contribution in [0.5, 0.6) is 0 Å². The first-order valence-electron chi connectivity index (χ1n) is 10.1. The molecule has 0 aliphatic heterocycles. The van der Waals surface area contributed by atoms with Gasteiger partial charge in [-0.2, -0.15) is 0 Å². The van der Waals surface area contributed by atoms with E-state index in [4.69, 9.17) is 4.74 Å². The Morgan fingerprint density at radius 3 is 2.61 bits per heavy atom. The second-order valence-corrected chi connectivity index (χ2v) is 7.67. The standard InChI is InChI=1S/C23H26N2O3/c1-2-28-23(27)21(13-16-7-4-3-5-8-16)25(18-10-11-18)22(26)20-14-19(20)17-9-6-12-24-15-17/h3-9,12,15,18-21H,2,10-11,13-14H2,1H3. The van der Waals surface area contributed by atoms with Crippen molar-refractivity contribution in [3.05, 3.63) is 66.0 Å². The topological polar surface area (TPSA) is 59.5 Å². The highest BCUT2D eigenvalue weighted by atomic mass is 16.5. The fourth-order valence-corrected chi connectivity index (χ4v) is 3.93. The number of esters is 1. The molecule has 0 bridgehead atoms. The molecule has 1 heterocycles. The maximum absolute atomic E-state index is 13.4. The molecule has 2 aromatic rings. The van der Waals surface area contributed by atoms with Crippen LogP contribution in [0, 0.1) is 5.92 Å². The zero-order chi connectivity index (χ0) is 19.5. The van der Waals surface area contributed by atoms with E-state index >= 15 is 0 Å². The van der Waals surface area contributed by atoms with Crippen LogP contribution in [-0.2, 0) is 20.7 Å². The van der Waals surface area contributed by atoms with Crippen molar-refractivity contribution in [3.8, 4) is 0 Å². The average molecular weight is 378 g/mol. The van der Waals surface area contributed by atoms with E-state index in [0.717, 1.165) is 30.4 Å². The monoisotopic (exact) mass is 378 g/mol. The molecule has 4 rings (SSSR count). The minimum absolute atomic E-state index is 0.0579. The van der Waals surface area contributed by atoms with Crippen LogP contribution in [0.1, 0.15) is 43.2 Å². The third-order valence-electron chi connectivity index (χ3n) is 5.58. The summed E-state index contributed by atoms with van der Waals surface area (Å²) in [4.78, 5) is 32.2. The van der Waals surface area contributed by atoms with E-state index < -0.39 is 6.04 Å². The summed E-state index contributed by atoms with van der Waals surface area (Å²) >= 11 is 0. The van der Waals surface area contributed by atoms with Crippen LogP contribution in [0.3, 0.4) is 0 Å². The van der Waals surface area contributed by atoms with Crippen molar-refractivity contribution in [2.24, 2.45) is 5.92 Å². The van der Waals surface area contributed by atoms with E-state index in [1.165, 1.54) is 0 Å². The summed E-state index contributed by atoms with van der Waals surface area (Å²) in [5, 5.41) is 0. The largest absolute Gasteiger partial charge is 0.464 e. The van der Waals surface area contributed by atoms with Crippen molar-refractivity contribution in [2.45, 2.75) is 50.6 Å². The van der Waals surface area contributed by atoms with Crippen molar-refractivity contribution in [2.75, 3.05) is 6.61 Å². The van der Waals surface area contributed by atoms with Crippen molar-refractivity contribution in [1.29, 1.82) is 0 Å². The zero-order valence-electron chi connectivity index (χ0n) is 16.2. The maximum atomic E-state index is 13.4. The van der Waals surface area contributed by atoms with E-state index in [2.05, 4.69) is 4.98 Å². The lowest BCUT2D eigenvalue weighted by molar-refractivity contribution is -0.156. The van der Waals surface area contributed by atoms with Crippen LogP contribution in [0.25, 0.3) is 0 Å². The molecule has 0 radical (unpaired) electrons. The number of aromatic nitrogens is 1. The fourth-order valence-electron chi connectivity index (χ4n) is 3.93. The maximum Gasteiger partial charge on any atom is 0.329 e.